The van der Waals surface area contributed by atoms with Crippen LogP contribution < -0.4 is 0 Å². The van der Waals surface area contributed by atoms with E-state index in [9.17, 15) is 5.11 Å². The van der Waals surface area contributed by atoms with Crippen LogP contribution in [0.2, 0.25) is 0 Å². The van der Waals surface area contributed by atoms with Gasteiger partial charge in [0.2, 0.25) is 0 Å². The second-order valence-corrected chi connectivity index (χ2v) is 5.59. The van der Waals surface area contributed by atoms with Gasteiger partial charge in [-0.15, -0.1) is 0 Å². The molecule has 1 aliphatic carbocycles. The van der Waals surface area contributed by atoms with Crippen molar-refractivity contribution < 1.29 is 5.11 Å². The second kappa shape index (κ2) is 4.82. The number of aliphatic hydroxyl groups excluding tert-OH is 1. The first-order valence-corrected chi connectivity index (χ1v) is 6.87. The summed E-state index contributed by atoms with van der Waals surface area (Å²) in [7, 11) is 1.94. The molecule has 3 unspecified atom stereocenters. The molecular formula is C16H20N2O. The van der Waals surface area contributed by atoms with E-state index in [2.05, 4.69) is 35.4 Å². The van der Waals surface area contributed by atoms with Gasteiger partial charge in [-0.2, -0.15) is 5.10 Å². The molecule has 3 heteroatoms. The Morgan fingerprint density at radius 3 is 2.74 bits per heavy atom. The summed E-state index contributed by atoms with van der Waals surface area (Å²) in [5, 5.41) is 14.7. The molecule has 0 spiro atoms. The van der Waals surface area contributed by atoms with Gasteiger partial charge in [-0.05, 0) is 36.8 Å². The SMILES string of the molecule is Cc1cc(CC(O)C2CC2c2ccccc2)n(C)n1. The molecule has 0 aliphatic heterocycles. The fraction of sp³-hybridized carbons (Fsp3) is 0.438. The number of rotatable bonds is 4. The number of aromatic nitrogens is 2. The molecule has 0 bridgehead atoms. The molecule has 3 atom stereocenters. The minimum Gasteiger partial charge on any atom is -0.392 e. The topological polar surface area (TPSA) is 38.0 Å². The summed E-state index contributed by atoms with van der Waals surface area (Å²) in [6, 6.07) is 12.6. The van der Waals surface area contributed by atoms with Crippen LogP contribution in [0.1, 0.15) is 29.3 Å². The molecule has 3 rings (SSSR count). The minimum atomic E-state index is -0.264. The maximum Gasteiger partial charge on any atom is 0.0629 e. The number of hydrogen-bond donors (Lipinski definition) is 1. The molecule has 0 saturated heterocycles. The van der Waals surface area contributed by atoms with Gasteiger partial charge >= 0.3 is 0 Å². The molecule has 1 aromatic carbocycles. The van der Waals surface area contributed by atoms with Crippen molar-refractivity contribution in [2.24, 2.45) is 13.0 Å². The molecule has 1 N–H and O–H groups in total. The lowest BCUT2D eigenvalue weighted by Gasteiger charge is -2.10. The molecule has 1 heterocycles. The largest absolute Gasteiger partial charge is 0.392 e. The Balaban J connectivity index is 1.64. The Morgan fingerprint density at radius 1 is 1.37 bits per heavy atom. The first-order chi connectivity index (χ1) is 9.15. The molecule has 100 valence electrons. The van der Waals surface area contributed by atoms with Crippen molar-refractivity contribution >= 4 is 0 Å². The van der Waals surface area contributed by atoms with E-state index in [1.54, 1.807) is 0 Å². The van der Waals surface area contributed by atoms with E-state index in [1.165, 1.54) is 5.56 Å². The highest BCUT2D eigenvalue weighted by Gasteiger charge is 2.43. The van der Waals surface area contributed by atoms with Gasteiger partial charge < -0.3 is 5.11 Å². The van der Waals surface area contributed by atoms with Crippen LogP contribution >= 0.6 is 0 Å². The molecule has 19 heavy (non-hydrogen) atoms. The molecule has 1 aliphatic rings. The summed E-state index contributed by atoms with van der Waals surface area (Å²) >= 11 is 0. The third-order valence-corrected chi connectivity index (χ3v) is 4.08. The summed E-state index contributed by atoms with van der Waals surface area (Å²) in [6.07, 6.45) is 1.54. The average Bonchev–Trinajstić information content (AvgIpc) is 3.13. The monoisotopic (exact) mass is 256 g/mol. The van der Waals surface area contributed by atoms with E-state index in [0.717, 1.165) is 17.8 Å². The van der Waals surface area contributed by atoms with Gasteiger partial charge in [-0.1, -0.05) is 30.3 Å². The van der Waals surface area contributed by atoms with Crippen molar-refractivity contribution in [3.8, 4) is 0 Å². The number of nitrogens with zero attached hydrogens (tertiary/aromatic N) is 2. The van der Waals surface area contributed by atoms with Crippen LogP contribution in [0.15, 0.2) is 36.4 Å². The highest BCUT2D eigenvalue weighted by atomic mass is 16.3. The fourth-order valence-electron chi connectivity index (χ4n) is 2.94. The lowest BCUT2D eigenvalue weighted by Crippen LogP contribution is -2.16. The number of aliphatic hydroxyl groups is 1. The zero-order valence-electron chi connectivity index (χ0n) is 11.5. The van der Waals surface area contributed by atoms with Gasteiger partial charge in [-0.3, -0.25) is 4.68 Å². The van der Waals surface area contributed by atoms with Gasteiger partial charge in [0, 0.05) is 19.2 Å². The average molecular weight is 256 g/mol. The van der Waals surface area contributed by atoms with Gasteiger partial charge in [0.1, 0.15) is 0 Å². The van der Waals surface area contributed by atoms with E-state index >= 15 is 0 Å². The van der Waals surface area contributed by atoms with Crippen molar-refractivity contribution in [3.63, 3.8) is 0 Å². The predicted molar refractivity (Wildman–Crippen MR) is 74.9 cm³/mol. The van der Waals surface area contributed by atoms with Crippen LogP contribution in [0.3, 0.4) is 0 Å². The van der Waals surface area contributed by atoms with E-state index < -0.39 is 0 Å². The van der Waals surface area contributed by atoms with Crippen LogP contribution in [0.25, 0.3) is 0 Å². The Hall–Kier alpha value is -1.61. The van der Waals surface area contributed by atoms with Gasteiger partial charge in [0.25, 0.3) is 0 Å². The smallest absolute Gasteiger partial charge is 0.0629 e. The van der Waals surface area contributed by atoms with E-state index in [0.29, 0.717) is 18.3 Å². The number of aryl methyl sites for hydroxylation is 2. The van der Waals surface area contributed by atoms with Gasteiger partial charge in [0.15, 0.2) is 0 Å². The quantitative estimate of drug-likeness (QED) is 0.912. The molecular weight excluding hydrogens is 236 g/mol. The Labute approximate surface area is 113 Å². The summed E-state index contributed by atoms with van der Waals surface area (Å²) < 4.78 is 1.87. The summed E-state index contributed by atoms with van der Waals surface area (Å²) in [6.45, 7) is 1.99. The second-order valence-electron chi connectivity index (χ2n) is 5.59. The summed E-state index contributed by atoms with van der Waals surface area (Å²) in [5.41, 5.74) is 3.48. The fourth-order valence-corrected chi connectivity index (χ4v) is 2.94. The first kappa shape index (κ1) is 12.4. The Kier molecular flexibility index (Phi) is 3.15. The molecule has 3 nitrogen and oxygen atoms in total. The van der Waals surface area contributed by atoms with E-state index in [4.69, 9.17) is 0 Å². The third-order valence-electron chi connectivity index (χ3n) is 4.08. The summed E-state index contributed by atoms with van der Waals surface area (Å²) in [4.78, 5) is 0. The molecule has 2 aromatic rings. The van der Waals surface area contributed by atoms with Crippen molar-refractivity contribution in [1.82, 2.24) is 9.78 Å². The van der Waals surface area contributed by atoms with Crippen LogP contribution in [-0.4, -0.2) is 21.0 Å². The normalized spacial score (nSPS) is 23.3. The lowest BCUT2D eigenvalue weighted by atomic mass is 10.0. The van der Waals surface area contributed by atoms with Crippen molar-refractivity contribution in [2.75, 3.05) is 0 Å². The first-order valence-electron chi connectivity index (χ1n) is 6.87. The van der Waals surface area contributed by atoms with Crippen LogP contribution in [0.5, 0.6) is 0 Å². The van der Waals surface area contributed by atoms with Crippen LogP contribution in [-0.2, 0) is 13.5 Å². The van der Waals surface area contributed by atoms with Gasteiger partial charge in [-0.25, -0.2) is 0 Å². The molecule has 1 aromatic heterocycles. The van der Waals surface area contributed by atoms with Crippen molar-refractivity contribution in [2.45, 2.75) is 31.8 Å². The molecule has 0 radical (unpaired) electrons. The maximum absolute atomic E-state index is 10.4. The standard InChI is InChI=1S/C16H20N2O/c1-11-8-13(18(2)17-11)9-16(19)15-10-14(15)12-6-4-3-5-7-12/h3-8,14-16,19H,9-10H2,1-2H3. The van der Waals surface area contributed by atoms with E-state index in [1.807, 2.05) is 24.7 Å². The highest BCUT2D eigenvalue weighted by molar-refractivity contribution is 5.26. The van der Waals surface area contributed by atoms with Crippen LogP contribution in [0.4, 0.5) is 0 Å². The Morgan fingerprint density at radius 2 is 2.11 bits per heavy atom. The maximum atomic E-state index is 10.4. The molecule has 1 saturated carbocycles. The van der Waals surface area contributed by atoms with Gasteiger partial charge in [0.05, 0.1) is 11.8 Å². The zero-order chi connectivity index (χ0) is 13.4. The zero-order valence-corrected chi connectivity index (χ0v) is 11.5. The van der Waals surface area contributed by atoms with Crippen molar-refractivity contribution in [3.05, 3.63) is 53.3 Å². The van der Waals surface area contributed by atoms with Crippen molar-refractivity contribution in [1.29, 1.82) is 0 Å². The minimum absolute atomic E-state index is 0.264. The number of benzene rings is 1. The predicted octanol–water partition coefficient (Wildman–Crippen LogP) is 2.44. The lowest BCUT2D eigenvalue weighted by molar-refractivity contribution is 0.147. The number of hydrogen-bond acceptors (Lipinski definition) is 2. The molecule has 0 amide bonds. The third kappa shape index (κ3) is 2.56. The Bertz CT molecular complexity index is 561. The summed E-state index contributed by atoms with van der Waals surface area (Å²) in [5.74, 6) is 0.933. The van der Waals surface area contributed by atoms with Crippen LogP contribution in [0, 0.1) is 12.8 Å². The highest BCUT2D eigenvalue weighted by Crippen LogP contribution is 2.49. The van der Waals surface area contributed by atoms with E-state index in [-0.39, 0.29) is 6.10 Å². The molecule has 1 fully saturated rings.